The first-order valence-electron chi connectivity index (χ1n) is 5.39. The second-order valence-electron chi connectivity index (χ2n) is 4.22. The van der Waals surface area contributed by atoms with E-state index in [2.05, 4.69) is 15.9 Å². The largest absolute Gasteiger partial charge is 0.508 e. The van der Waals surface area contributed by atoms with Crippen molar-refractivity contribution in [3.05, 3.63) is 63.9 Å². The van der Waals surface area contributed by atoms with Gasteiger partial charge in [-0.3, -0.25) is 0 Å². The van der Waals surface area contributed by atoms with Crippen molar-refractivity contribution in [3.8, 4) is 5.75 Å². The van der Waals surface area contributed by atoms with E-state index in [1.807, 2.05) is 0 Å². The Morgan fingerprint density at radius 2 is 1.72 bits per heavy atom. The molecule has 0 aliphatic heterocycles. The Balaban J connectivity index is 2.54. The van der Waals surface area contributed by atoms with Crippen molar-refractivity contribution in [3.63, 3.8) is 0 Å². The lowest BCUT2D eigenvalue weighted by atomic mass is 9.88. The molecule has 18 heavy (non-hydrogen) atoms. The van der Waals surface area contributed by atoms with Gasteiger partial charge in [0.15, 0.2) is 0 Å². The summed E-state index contributed by atoms with van der Waals surface area (Å²) in [7, 11) is 0. The molecule has 0 amide bonds. The van der Waals surface area contributed by atoms with Gasteiger partial charge in [0.2, 0.25) is 0 Å². The normalized spacial score (nSPS) is 14.2. The molecule has 2 rings (SSSR count). The second-order valence-corrected chi connectivity index (χ2v) is 5.07. The van der Waals surface area contributed by atoms with Crippen LogP contribution < -0.4 is 0 Å². The lowest BCUT2D eigenvalue weighted by molar-refractivity contribution is 0.0977. The molecule has 0 fully saturated rings. The molecule has 0 radical (unpaired) electrons. The number of benzene rings is 2. The summed E-state index contributed by atoms with van der Waals surface area (Å²) >= 11 is 3.10. The van der Waals surface area contributed by atoms with Gasteiger partial charge in [0.05, 0.1) is 4.47 Å². The topological polar surface area (TPSA) is 40.5 Å². The fourth-order valence-electron chi connectivity index (χ4n) is 1.82. The van der Waals surface area contributed by atoms with Gasteiger partial charge >= 0.3 is 0 Å². The molecule has 0 aromatic heterocycles. The van der Waals surface area contributed by atoms with E-state index in [0.717, 1.165) is 0 Å². The third-order valence-electron chi connectivity index (χ3n) is 2.91. The molecule has 0 bridgehead atoms. The zero-order chi connectivity index (χ0) is 13.3. The number of phenolic OH excluding ortho intramolecular Hbond substituents is 1. The second kappa shape index (κ2) is 4.71. The summed E-state index contributed by atoms with van der Waals surface area (Å²) in [6.45, 7) is 1.52. The van der Waals surface area contributed by atoms with E-state index in [4.69, 9.17) is 0 Å². The van der Waals surface area contributed by atoms with Crippen LogP contribution in [0, 0.1) is 5.82 Å². The van der Waals surface area contributed by atoms with E-state index >= 15 is 0 Å². The highest BCUT2D eigenvalue weighted by Crippen LogP contribution is 2.33. The lowest BCUT2D eigenvalue weighted by Crippen LogP contribution is -2.24. The molecule has 0 spiro atoms. The first-order valence-corrected chi connectivity index (χ1v) is 6.18. The molecule has 0 aliphatic carbocycles. The molecule has 4 heteroatoms. The van der Waals surface area contributed by atoms with E-state index < -0.39 is 11.4 Å². The minimum Gasteiger partial charge on any atom is -0.508 e. The summed E-state index contributed by atoms with van der Waals surface area (Å²) in [5.74, 6) is -0.389. The lowest BCUT2D eigenvalue weighted by Gasteiger charge is -2.25. The maximum Gasteiger partial charge on any atom is 0.143 e. The van der Waals surface area contributed by atoms with Crippen LogP contribution in [-0.4, -0.2) is 10.2 Å². The van der Waals surface area contributed by atoms with Crippen molar-refractivity contribution in [2.45, 2.75) is 12.5 Å². The van der Waals surface area contributed by atoms with Crippen molar-refractivity contribution in [2.75, 3.05) is 0 Å². The molecule has 1 unspecified atom stereocenters. The summed E-state index contributed by atoms with van der Waals surface area (Å²) in [6.07, 6.45) is 0. The predicted octanol–water partition coefficient (Wildman–Crippen LogP) is 3.55. The fourth-order valence-corrected chi connectivity index (χ4v) is 2.19. The van der Waals surface area contributed by atoms with Gasteiger partial charge in [0.1, 0.15) is 17.2 Å². The first-order chi connectivity index (χ1) is 8.43. The predicted molar refractivity (Wildman–Crippen MR) is 70.9 cm³/mol. The van der Waals surface area contributed by atoms with Gasteiger partial charge in [0.25, 0.3) is 0 Å². The Morgan fingerprint density at radius 3 is 2.33 bits per heavy atom. The molecule has 2 N–H and O–H groups in total. The van der Waals surface area contributed by atoms with Crippen molar-refractivity contribution in [1.29, 1.82) is 0 Å². The SMILES string of the molecule is CC(O)(c1ccc(O)cc1)c1cccc(Br)c1F. The molecule has 1 atom stereocenters. The fraction of sp³-hybridized carbons (Fsp3) is 0.143. The van der Waals surface area contributed by atoms with Gasteiger partial charge in [-0.15, -0.1) is 0 Å². The van der Waals surface area contributed by atoms with Crippen molar-refractivity contribution in [2.24, 2.45) is 0 Å². The van der Waals surface area contributed by atoms with Crippen molar-refractivity contribution < 1.29 is 14.6 Å². The van der Waals surface area contributed by atoms with E-state index in [1.54, 1.807) is 24.3 Å². The monoisotopic (exact) mass is 310 g/mol. The van der Waals surface area contributed by atoms with Gasteiger partial charge < -0.3 is 10.2 Å². The Labute approximate surface area is 113 Å². The van der Waals surface area contributed by atoms with Crippen LogP contribution in [0.4, 0.5) is 4.39 Å². The van der Waals surface area contributed by atoms with Crippen LogP contribution in [0.25, 0.3) is 0 Å². The highest BCUT2D eigenvalue weighted by atomic mass is 79.9. The van der Waals surface area contributed by atoms with Gasteiger partial charge in [-0.25, -0.2) is 4.39 Å². The Bertz CT molecular complexity index is 565. The number of aliphatic hydroxyl groups is 1. The number of rotatable bonds is 2. The molecular weight excluding hydrogens is 299 g/mol. The van der Waals surface area contributed by atoms with Gasteiger partial charge in [-0.2, -0.15) is 0 Å². The van der Waals surface area contributed by atoms with E-state index in [0.29, 0.717) is 10.0 Å². The van der Waals surface area contributed by atoms with Gasteiger partial charge in [-0.1, -0.05) is 24.3 Å². The van der Waals surface area contributed by atoms with E-state index in [-0.39, 0.29) is 11.3 Å². The highest BCUT2D eigenvalue weighted by Gasteiger charge is 2.29. The first kappa shape index (κ1) is 13.1. The third kappa shape index (κ3) is 2.26. The minimum absolute atomic E-state index is 0.101. The van der Waals surface area contributed by atoms with Crippen LogP contribution in [-0.2, 0) is 5.60 Å². The van der Waals surface area contributed by atoms with Crippen LogP contribution in [0.3, 0.4) is 0 Å². The van der Waals surface area contributed by atoms with Crippen LogP contribution in [0.5, 0.6) is 5.75 Å². The average Bonchev–Trinajstić information content (AvgIpc) is 2.33. The Morgan fingerprint density at radius 1 is 1.11 bits per heavy atom. The molecule has 2 aromatic rings. The van der Waals surface area contributed by atoms with Crippen LogP contribution in [0.1, 0.15) is 18.1 Å². The number of halogens is 2. The Kier molecular flexibility index (Phi) is 3.41. The summed E-state index contributed by atoms with van der Waals surface area (Å²) in [6, 6.07) is 10.8. The molecule has 0 saturated heterocycles. The van der Waals surface area contributed by atoms with E-state index in [1.165, 1.54) is 25.1 Å². The number of phenols is 1. The van der Waals surface area contributed by atoms with Gasteiger partial charge in [0, 0.05) is 5.56 Å². The molecule has 0 aliphatic rings. The maximum absolute atomic E-state index is 14.0. The van der Waals surface area contributed by atoms with E-state index in [9.17, 15) is 14.6 Å². The summed E-state index contributed by atoms with van der Waals surface area (Å²) in [4.78, 5) is 0. The Hall–Kier alpha value is -1.39. The van der Waals surface area contributed by atoms with Crippen LogP contribution in [0.15, 0.2) is 46.9 Å². The smallest absolute Gasteiger partial charge is 0.143 e. The van der Waals surface area contributed by atoms with Crippen molar-refractivity contribution in [1.82, 2.24) is 0 Å². The van der Waals surface area contributed by atoms with Crippen molar-refractivity contribution >= 4 is 15.9 Å². The summed E-state index contributed by atoms with van der Waals surface area (Å²) in [5.41, 5.74) is -0.762. The zero-order valence-electron chi connectivity index (χ0n) is 9.69. The molecule has 0 heterocycles. The quantitative estimate of drug-likeness (QED) is 0.890. The maximum atomic E-state index is 14.0. The molecule has 2 nitrogen and oxygen atoms in total. The molecule has 0 saturated carbocycles. The zero-order valence-corrected chi connectivity index (χ0v) is 11.3. The molecular formula is C14H12BrFO2. The number of hydrogen-bond donors (Lipinski definition) is 2. The average molecular weight is 311 g/mol. The number of aromatic hydroxyl groups is 1. The molecule has 2 aromatic carbocycles. The third-order valence-corrected chi connectivity index (χ3v) is 3.52. The summed E-state index contributed by atoms with van der Waals surface area (Å²) < 4.78 is 14.3. The number of hydrogen-bond acceptors (Lipinski definition) is 2. The van der Waals surface area contributed by atoms with Crippen LogP contribution >= 0.6 is 15.9 Å². The minimum atomic E-state index is -1.46. The standard InChI is InChI=1S/C14H12BrFO2/c1-14(18,9-5-7-10(17)8-6-9)11-3-2-4-12(15)13(11)16/h2-8,17-18H,1H3. The van der Waals surface area contributed by atoms with Crippen LogP contribution in [0.2, 0.25) is 0 Å². The molecule has 94 valence electrons. The summed E-state index contributed by atoms with van der Waals surface area (Å²) in [5, 5.41) is 19.7. The highest BCUT2D eigenvalue weighted by molar-refractivity contribution is 9.10. The van der Waals surface area contributed by atoms with Gasteiger partial charge in [-0.05, 0) is 46.6 Å².